The molecule has 0 aliphatic rings. The van der Waals surface area contributed by atoms with E-state index < -0.39 is 12.3 Å². The first kappa shape index (κ1) is 10.5. The monoisotopic (exact) mass is 201 g/mol. The van der Waals surface area contributed by atoms with Gasteiger partial charge in [0.1, 0.15) is 0 Å². The molecule has 5 heteroatoms. The molecule has 74 valence electrons. The number of nitrogens with zero attached hydrogens (tertiary/aromatic N) is 1. The first-order valence-corrected chi connectivity index (χ1v) is 3.70. The number of hydrogen-bond acceptors (Lipinski definition) is 2. The Hall–Kier alpha value is -1.54. The van der Waals surface area contributed by atoms with Crippen molar-refractivity contribution in [2.45, 2.75) is 12.3 Å². The third-order valence-electron chi connectivity index (χ3n) is 1.64. The molecule has 0 saturated carbocycles. The molecule has 14 heavy (non-hydrogen) atoms. The van der Waals surface area contributed by atoms with Crippen molar-refractivity contribution in [2.24, 2.45) is 0 Å². The number of alkyl halides is 3. The lowest BCUT2D eigenvalue weighted by molar-refractivity contribution is -0.206. The molecular weight excluding hydrogens is 195 g/mol. The number of aliphatic hydroxyl groups is 1. The average molecular weight is 201 g/mol. The summed E-state index contributed by atoms with van der Waals surface area (Å²) in [7, 11) is 0. The van der Waals surface area contributed by atoms with Crippen molar-refractivity contribution in [3.63, 3.8) is 0 Å². The Morgan fingerprint density at radius 1 is 1.36 bits per heavy atom. The normalized spacial score (nSPS) is 13.4. The van der Waals surface area contributed by atoms with Crippen LogP contribution in [0, 0.1) is 11.3 Å². The van der Waals surface area contributed by atoms with E-state index in [-0.39, 0.29) is 11.1 Å². The van der Waals surface area contributed by atoms with Crippen molar-refractivity contribution in [3.8, 4) is 6.07 Å². The molecule has 0 spiro atoms. The van der Waals surface area contributed by atoms with Gasteiger partial charge in [-0.15, -0.1) is 0 Å². The van der Waals surface area contributed by atoms with Gasteiger partial charge in [0.15, 0.2) is 6.10 Å². The maximum absolute atomic E-state index is 12.0. The van der Waals surface area contributed by atoms with E-state index in [0.29, 0.717) is 0 Å². The lowest BCUT2D eigenvalue weighted by Gasteiger charge is -2.14. The second-order valence-corrected chi connectivity index (χ2v) is 2.68. The third kappa shape index (κ3) is 2.24. The summed E-state index contributed by atoms with van der Waals surface area (Å²) in [4.78, 5) is 0. The van der Waals surface area contributed by atoms with E-state index in [0.717, 1.165) is 12.1 Å². The summed E-state index contributed by atoms with van der Waals surface area (Å²) in [6, 6.07) is 6.49. The minimum Gasteiger partial charge on any atom is -0.379 e. The highest BCUT2D eigenvalue weighted by atomic mass is 19.4. The lowest BCUT2D eigenvalue weighted by atomic mass is 10.1. The summed E-state index contributed by atoms with van der Waals surface area (Å²) in [5.41, 5.74) is -0.234. The van der Waals surface area contributed by atoms with Crippen molar-refractivity contribution in [1.29, 1.82) is 5.26 Å². The molecule has 0 fully saturated rings. The van der Waals surface area contributed by atoms with E-state index in [1.54, 1.807) is 6.07 Å². The molecule has 1 N–H and O–H groups in total. The second kappa shape index (κ2) is 3.68. The maximum Gasteiger partial charge on any atom is 0.418 e. The number of aliphatic hydroxyl groups excluding tert-OH is 1. The van der Waals surface area contributed by atoms with Crippen LogP contribution in [0.2, 0.25) is 0 Å². The lowest BCUT2D eigenvalue weighted by Crippen LogP contribution is -2.20. The predicted octanol–water partition coefficient (Wildman–Crippen LogP) is 2.15. The van der Waals surface area contributed by atoms with Gasteiger partial charge >= 0.3 is 6.18 Å². The molecule has 0 aliphatic heterocycles. The summed E-state index contributed by atoms with van der Waals surface area (Å²) in [6.07, 6.45) is -7.23. The smallest absolute Gasteiger partial charge is 0.379 e. The molecule has 0 unspecified atom stereocenters. The Balaban J connectivity index is 3.03. The van der Waals surface area contributed by atoms with Crippen LogP contribution < -0.4 is 0 Å². The van der Waals surface area contributed by atoms with Gasteiger partial charge in [0.2, 0.25) is 0 Å². The fourth-order valence-electron chi connectivity index (χ4n) is 0.967. The average Bonchev–Trinajstić information content (AvgIpc) is 2.15. The number of benzene rings is 1. The van der Waals surface area contributed by atoms with Gasteiger partial charge in [-0.3, -0.25) is 0 Å². The number of nitriles is 1. The van der Waals surface area contributed by atoms with E-state index in [1.807, 2.05) is 0 Å². The Bertz CT molecular complexity index is 367. The van der Waals surface area contributed by atoms with Crippen molar-refractivity contribution in [1.82, 2.24) is 0 Å². The Labute approximate surface area is 78.2 Å². The van der Waals surface area contributed by atoms with Crippen LogP contribution in [0.3, 0.4) is 0 Å². The summed E-state index contributed by atoms with van der Waals surface area (Å²) >= 11 is 0. The maximum atomic E-state index is 12.0. The SMILES string of the molecule is N#Cc1cccc([C@@H](O)C(F)(F)F)c1. The van der Waals surface area contributed by atoms with Gasteiger partial charge in [0, 0.05) is 0 Å². The molecule has 0 radical (unpaired) electrons. The van der Waals surface area contributed by atoms with E-state index in [2.05, 4.69) is 0 Å². The van der Waals surface area contributed by atoms with E-state index in [9.17, 15) is 13.2 Å². The Morgan fingerprint density at radius 2 is 2.00 bits per heavy atom. The number of halogens is 3. The van der Waals surface area contributed by atoms with E-state index in [4.69, 9.17) is 10.4 Å². The highest BCUT2D eigenvalue weighted by Crippen LogP contribution is 2.32. The summed E-state index contributed by atoms with van der Waals surface area (Å²) in [5.74, 6) is 0. The molecule has 0 bridgehead atoms. The minimum atomic E-state index is -4.70. The molecule has 1 rings (SSSR count). The van der Waals surface area contributed by atoms with Crippen molar-refractivity contribution in [2.75, 3.05) is 0 Å². The third-order valence-corrected chi connectivity index (χ3v) is 1.64. The molecule has 0 amide bonds. The Kier molecular flexibility index (Phi) is 2.77. The molecule has 1 atom stereocenters. The van der Waals surface area contributed by atoms with Crippen LogP contribution in [-0.2, 0) is 0 Å². The van der Waals surface area contributed by atoms with Gasteiger partial charge in [0.25, 0.3) is 0 Å². The van der Waals surface area contributed by atoms with Crippen molar-refractivity contribution >= 4 is 0 Å². The van der Waals surface area contributed by atoms with Crippen LogP contribution in [0.5, 0.6) is 0 Å². The van der Waals surface area contributed by atoms with Gasteiger partial charge in [-0.2, -0.15) is 18.4 Å². The standard InChI is InChI=1S/C9H6F3NO/c10-9(11,12)8(14)7-3-1-2-6(4-7)5-13/h1-4,8,14H/t8-/m1/s1. The van der Waals surface area contributed by atoms with Gasteiger partial charge < -0.3 is 5.11 Å². The molecule has 0 aliphatic carbocycles. The van der Waals surface area contributed by atoms with Gasteiger partial charge in [0.05, 0.1) is 11.6 Å². The van der Waals surface area contributed by atoms with Crippen molar-refractivity contribution in [3.05, 3.63) is 35.4 Å². The summed E-state index contributed by atoms with van der Waals surface area (Å²) in [6.45, 7) is 0. The molecular formula is C9H6F3NO. The van der Waals surface area contributed by atoms with Gasteiger partial charge in [-0.1, -0.05) is 12.1 Å². The molecule has 0 heterocycles. The highest BCUT2D eigenvalue weighted by Gasteiger charge is 2.39. The predicted molar refractivity (Wildman–Crippen MR) is 42.2 cm³/mol. The first-order valence-electron chi connectivity index (χ1n) is 3.70. The van der Waals surface area contributed by atoms with Crippen molar-refractivity contribution < 1.29 is 18.3 Å². The number of hydrogen-bond donors (Lipinski definition) is 1. The van der Waals surface area contributed by atoms with E-state index >= 15 is 0 Å². The van der Waals surface area contributed by atoms with E-state index in [1.165, 1.54) is 12.1 Å². The van der Waals surface area contributed by atoms with Crippen LogP contribution in [0.4, 0.5) is 13.2 Å². The van der Waals surface area contributed by atoms with Crippen LogP contribution >= 0.6 is 0 Å². The molecule has 1 aromatic rings. The zero-order chi connectivity index (χ0) is 10.8. The van der Waals surface area contributed by atoms with Crippen LogP contribution in [-0.4, -0.2) is 11.3 Å². The Morgan fingerprint density at radius 3 is 2.50 bits per heavy atom. The highest BCUT2D eigenvalue weighted by molar-refractivity contribution is 5.34. The fraction of sp³-hybridized carbons (Fsp3) is 0.222. The largest absolute Gasteiger partial charge is 0.418 e. The molecule has 0 saturated heterocycles. The molecule has 1 aromatic carbocycles. The summed E-state index contributed by atoms with van der Waals surface area (Å²) < 4.78 is 36.1. The number of rotatable bonds is 1. The molecule has 0 aromatic heterocycles. The topological polar surface area (TPSA) is 44.0 Å². The summed E-state index contributed by atoms with van der Waals surface area (Å²) in [5, 5.41) is 17.3. The van der Waals surface area contributed by atoms with Crippen LogP contribution in [0.1, 0.15) is 17.2 Å². The molecule has 2 nitrogen and oxygen atoms in total. The van der Waals surface area contributed by atoms with Gasteiger partial charge in [-0.05, 0) is 17.7 Å². The van der Waals surface area contributed by atoms with Crippen LogP contribution in [0.15, 0.2) is 24.3 Å². The minimum absolute atomic E-state index is 0.0887. The van der Waals surface area contributed by atoms with Gasteiger partial charge in [-0.25, -0.2) is 0 Å². The second-order valence-electron chi connectivity index (χ2n) is 2.68. The zero-order valence-electron chi connectivity index (χ0n) is 6.92. The first-order chi connectivity index (χ1) is 6.45. The quantitative estimate of drug-likeness (QED) is 0.756. The van der Waals surface area contributed by atoms with Crippen LogP contribution in [0.25, 0.3) is 0 Å². The fourth-order valence-corrected chi connectivity index (χ4v) is 0.967. The zero-order valence-corrected chi connectivity index (χ0v) is 6.92.